The van der Waals surface area contributed by atoms with Crippen molar-refractivity contribution in [3.05, 3.63) is 0 Å². The summed E-state index contributed by atoms with van der Waals surface area (Å²) < 4.78 is 9.55. The van der Waals surface area contributed by atoms with Gasteiger partial charge in [-0.2, -0.15) is 0 Å². The van der Waals surface area contributed by atoms with Crippen LogP contribution in [-0.4, -0.2) is 11.0 Å². The third kappa shape index (κ3) is 5.14. The molecule has 6 heteroatoms. The first-order chi connectivity index (χ1) is 2.94. The zero-order valence-electron chi connectivity index (χ0n) is 4.20. The van der Waals surface area contributed by atoms with Gasteiger partial charge in [0.2, 0.25) is 0 Å². The molecule has 1 N–H and O–H groups in total. The summed E-state index contributed by atoms with van der Waals surface area (Å²) in [5.41, 5.74) is 0. The quantitative estimate of drug-likeness (QED) is 0.525. The van der Waals surface area contributed by atoms with Crippen molar-refractivity contribution in [1.29, 1.82) is 0 Å². The Bertz CT molecular complexity index is 96.2. The van der Waals surface area contributed by atoms with Crippen molar-refractivity contribution in [3.63, 3.8) is 0 Å². The first-order valence-corrected chi connectivity index (χ1v) is 3.25. The largest absolute Gasteiger partial charge is 2.00 e. The van der Waals surface area contributed by atoms with Gasteiger partial charge in [-0.15, -0.1) is 0 Å². The van der Waals surface area contributed by atoms with E-state index in [9.17, 15) is 14.4 Å². The van der Waals surface area contributed by atoms with Crippen molar-refractivity contribution in [2.24, 2.45) is 0 Å². The summed E-state index contributed by atoms with van der Waals surface area (Å²) in [6, 6.07) is 0. The molecule has 0 spiro atoms. The van der Waals surface area contributed by atoms with Crippen molar-refractivity contribution >= 4 is 7.60 Å². The summed E-state index contributed by atoms with van der Waals surface area (Å²) in [5, 5.41) is 8.00. The van der Waals surface area contributed by atoms with Gasteiger partial charge in [0.1, 0.15) is 0 Å². The summed E-state index contributed by atoms with van der Waals surface area (Å²) in [6.45, 7) is 0.917. The predicted octanol–water partition coefficient (Wildman–Crippen LogP) is -1.76. The van der Waals surface area contributed by atoms with Gasteiger partial charge in [0.25, 0.3) is 0 Å². The molecule has 46 valence electrons. The first-order valence-electron chi connectivity index (χ1n) is 1.64. The van der Waals surface area contributed by atoms with E-state index in [0.29, 0.717) is 0 Å². The molecule has 4 nitrogen and oxygen atoms in total. The average Bonchev–Trinajstić information content (AvgIpc) is 1.31. The van der Waals surface area contributed by atoms with Crippen molar-refractivity contribution < 1.29 is 45.7 Å². The summed E-state index contributed by atoms with van der Waals surface area (Å²) in [7, 11) is -4.68. The molecule has 0 bridgehead atoms. The van der Waals surface area contributed by atoms with E-state index >= 15 is 0 Å². The summed E-state index contributed by atoms with van der Waals surface area (Å²) in [4.78, 5) is 19.1. The van der Waals surface area contributed by atoms with Gasteiger partial charge in [-0.05, 0) is 14.5 Å². The van der Waals surface area contributed by atoms with Gasteiger partial charge in [-0.1, -0.05) is 0 Å². The fraction of sp³-hybridized carbons (Fsp3) is 1.00. The zero-order valence-corrected chi connectivity index (χ0v) is 7.55. The molecular weight excluding hydrogens is 210 g/mol. The minimum absolute atomic E-state index is 0. The number of aliphatic hydroxyl groups is 1. The Labute approximate surface area is 66.2 Å². The van der Waals surface area contributed by atoms with Crippen molar-refractivity contribution in [2.45, 2.75) is 12.8 Å². The van der Waals surface area contributed by atoms with Gasteiger partial charge in [0.05, 0.1) is 5.85 Å². The Morgan fingerprint density at radius 3 is 1.75 bits per heavy atom. The van der Waals surface area contributed by atoms with Crippen LogP contribution in [0.1, 0.15) is 6.92 Å². The maximum Gasteiger partial charge on any atom is 2.00 e. The van der Waals surface area contributed by atoms with Crippen LogP contribution >= 0.6 is 7.60 Å². The molecule has 0 heterocycles. The molecule has 8 heavy (non-hydrogen) atoms. The summed E-state index contributed by atoms with van der Waals surface area (Å²) in [6.07, 6.45) is 0. The van der Waals surface area contributed by atoms with E-state index in [2.05, 4.69) is 0 Å². The molecule has 0 radical (unpaired) electrons. The smallest absolute Gasteiger partial charge is 0.809 e. The van der Waals surface area contributed by atoms with Gasteiger partial charge in [-0.3, -0.25) is 0 Å². The third-order valence-electron chi connectivity index (χ3n) is 0.458. The van der Waals surface area contributed by atoms with Crippen LogP contribution in [0, 0.1) is 0 Å². The molecule has 0 saturated heterocycles. The van der Waals surface area contributed by atoms with E-state index in [4.69, 9.17) is 5.11 Å². The second-order valence-electron chi connectivity index (χ2n) is 1.17. The van der Waals surface area contributed by atoms with E-state index in [0.717, 1.165) is 6.92 Å². The number of aliphatic hydroxyl groups excluding tert-OH is 1. The minimum Gasteiger partial charge on any atom is -0.809 e. The van der Waals surface area contributed by atoms with Crippen molar-refractivity contribution in [2.75, 3.05) is 0 Å². The van der Waals surface area contributed by atoms with Gasteiger partial charge < -0.3 is 19.5 Å². The van der Waals surface area contributed by atoms with Crippen LogP contribution in [0.5, 0.6) is 0 Å². The predicted molar refractivity (Wildman–Crippen MR) is 19.3 cm³/mol. The molecule has 0 aliphatic heterocycles. The Morgan fingerprint density at radius 1 is 1.62 bits per heavy atom. The molecule has 0 rings (SSSR count). The molecular formula is C2H5O4PZr. The SMILES string of the molecule is CC(O)P(=O)([O-])[O-].[Zr+2]. The van der Waals surface area contributed by atoms with E-state index < -0.39 is 13.4 Å². The van der Waals surface area contributed by atoms with E-state index in [1.165, 1.54) is 0 Å². The molecule has 1 unspecified atom stereocenters. The Kier molecular flexibility index (Phi) is 5.75. The molecule has 0 amide bonds. The number of hydrogen-bond donors (Lipinski definition) is 1. The maximum absolute atomic E-state index is 9.55. The first kappa shape index (κ1) is 11.7. The van der Waals surface area contributed by atoms with Gasteiger partial charge in [0.15, 0.2) is 0 Å². The van der Waals surface area contributed by atoms with Crippen LogP contribution in [0.2, 0.25) is 0 Å². The average molecular weight is 215 g/mol. The number of rotatable bonds is 1. The van der Waals surface area contributed by atoms with Crippen molar-refractivity contribution in [1.82, 2.24) is 0 Å². The summed E-state index contributed by atoms with van der Waals surface area (Å²) >= 11 is 0. The van der Waals surface area contributed by atoms with Crippen LogP contribution in [0.25, 0.3) is 0 Å². The monoisotopic (exact) mass is 214 g/mol. The maximum atomic E-state index is 9.55. The molecule has 0 aromatic carbocycles. The second kappa shape index (κ2) is 3.91. The molecule has 0 aliphatic rings. The second-order valence-corrected chi connectivity index (χ2v) is 3.00. The normalized spacial score (nSPS) is 14.5. The molecule has 0 aromatic heterocycles. The van der Waals surface area contributed by atoms with Crippen LogP contribution in [0.15, 0.2) is 0 Å². The van der Waals surface area contributed by atoms with Crippen LogP contribution < -0.4 is 9.79 Å². The van der Waals surface area contributed by atoms with Gasteiger partial charge in [-0.25, -0.2) is 0 Å². The minimum atomic E-state index is -4.68. The zero-order chi connectivity index (χ0) is 6.08. The Hall–Kier alpha value is 0.993. The van der Waals surface area contributed by atoms with Crippen LogP contribution in [0.4, 0.5) is 0 Å². The molecule has 0 fully saturated rings. The third-order valence-corrected chi connectivity index (χ3v) is 1.37. The van der Waals surface area contributed by atoms with Crippen LogP contribution in [0.3, 0.4) is 0 Å². The summed E-state index contributed by atoms with van der Waals surface area (Å²) in [5.74, 6) is -1.76. The standard InChI is InChI=1S/C2H7O4P.Zr/c1-2(3)7(4,5)6;/h2-3H,1H3,(H2,4,5,6);/q;+2/p-2. The van der Waals surface area contributed by atoms with Gasteiger partial charge in [0, 0.05) is 0 Å². The number of hydrogen-bond acceptors (Lipinski definition) is 4. The molecule has 0 aliphatic carbocycles. The molecule has 0 saturated carbocycles. The van der Waals surface area contributed by atoms with Gasteiger partial charge >= 0.3 is 26.2 Å². The molecule has 0 aromatic rings. The fourth-order valence-electron chi connectivity index (χ4n) is 0. The Balaban J connectivity index is 0. The van der Waals surface area contributed by atoms with E-state index in [1.54, 1.807) is 0 Å². The van der Waals surface area contributed by atoms with E-state index in [-0.39, 0.29) is 26.2 Å². The van der Waals surface area contributed by atoms with Crippen molar-refractivity contribution in [3.8, 4) is 0 Å². The molecule has 1 atom stereocenters. The fourth-order valence-corrected chi connectivity index (χ4v) is 0. The van der Waals surface area contributed by atoms with Crippen LogP contribution in [-0.2, 0) is 30.8 Å². The topological polar surface area (TPSA) is 83.4 Å². The Morgan fingerprint density at radius 2 is 1.75 bits per heavy atom. The van der Waals surface area contributed by atoms with E-state index in [1.807, 2.05) is 0 Å².